The highest BCUT2D eigenvalue weighted by Crippen LogP contribution is 2.17. The zero-order valence-electron chi connectivity index (χ0n) is 9.30. The van der Waals surface area contributed by atoms with E-state index in [0.717, 1.165) is 5.56 Å². The molecular formula is C13H16O3. The number of allylic oxidation sites excluding steroid dienone is 1. The number of hydrogen-bond donors (Lipinski definition) is 1. The number of methoxy groups -OCH3 is 1. The van der Waals surface area contributed by atoms with Crippen molar-refractivity contribution >= 4 is 5.97 Å². The average Bonchev–Trinajstić information content (AvgIpc) is 2.35. The van der Waals surface area contributed by atoms with Crippen molar-refractivity contribution in [2.75, 3.05) is 7.11 Å². The highest BCUT2D eigenvalue weighted by Gasteiger charge is 2.04. The Labute approximate surface area is 95.4 Å². The van der Waals surface area contributed by atoms with E-state index in [1.165, 1.54) is 13.2 Å². The smallest absolute Gasteiger partial charge is 0.330 e. The Bertz CT molecular complexity index is 343. The molecule has 1 aromatic rings. The Morgan fingerprint density at radius 3 is 2.75 bits per heavy atom. The summed E-state index contributed by atoms with van der Waals surface area (Å²) in [5.41, 5.74) is 0.897. The van der Waals surface area contributed by atoms with Gasteiger partial charge in [0.1, 0.15) is 0 Å². The molecule has 1 atom stereocenters. The molecule has 0 aliphatic carbocycles. The van der Waals surface area contributed by atoms with Crippen LogP contribution in [0.15, 0.2) is 42.5 Å². The van der Waals surface area contributed by atoms with E-state index in [4.69, 9.17) is 0 Å². The largest absolute Gasteiger partial charge is 0.466 e. The third-order valence-corrected chi connectivity index (χ3v) is 2.25. The minimum atomic E-state index is -0.483. The summed E-state index contributed by atoms with van der Waals surface area (Å²) in [5.74, 6) is -0.366. The molecule has 1 rings (SSSR count). The number of esters is 1. The molecule has 16 heavy (non-hydrogen) atoms. The number of rotatable bonds is 5. The van der Waals surface area contributed by atoms with Crippen LogP contribution in [-0.2, 0) is 9.53 Å². The minimum Gasteiger partial charge on any atom is -0.466 e. The fourth-order valence-corrected chi connectivity index (χ4v) is 1.34. The lowest BCUT2D eigenvalue weighted by Gasteiger charge is -2.08. The zero-order chi connectivity index (χ0) is 11.8. The van der Waals surface area contributed by atoms with Crippen molar-refractivity contribution in [2.24, 2.45) is 0 Å². The summed E-state index contributed by atoms with van der Waals surface area (Å²) in [6.45, 7) is 0. The van der Waals surface area contributed by atoms with Gasteiger partial charge in [-0.15, -0.1) is 0 Å². The fraction of sp³-hybridized carbons (Fsp3) is 0.308. The molecule has 0 aliphatic rings. The van der Waals surface area contributed by atoms with Gasteiger partial charge in [0.05, 0.1) is 13.2 Å². The number of aliphatic hydroxyl groups excluding tert-OH is 1. The van der Waals surface area contributed by atoms with Crippen molar-refractivity contribution in [3.63, 3.8) is 0 Å². The molecule has 1 aromatic carbocycles. The van der Waals surface area contributed by atoms with Gasteiger partial charge in [0.15, 0.2) is 0 Å². The molecule has 3 nitrogen and oxygen atoms in total. The van der Waals surface area contributed by atoms with Gasteiger partial charge in [-0.05, 0) is 18.4 Å². The second kappa shape index (κ2) is 6.80. The zero-order valence-corrected chi connectivity index (χ0v) is 9.30. The molecule has 0 bridgehead atoms. The summed E-state index contributed by atoms with van der Waals surface area (Å²) >= 11 is 0. The fourth-order valence-electron chi connectivity index (χ4n) is 1.34. The summed E-state index contributed by atoms with van der Waals surface area (Å²) in [4.78, 5) is 10.8. The van der Waals surface area contributed by atoms with E-state index in [9.17, 15) is 9.90 Å². The minimum absolute atomic E-state index is 0.366. The van der Waals surface area contributed by atoms with Crippen LogP contribution >= 0.6 is 0 Å². The molecule has 1 N–H and O–H groups in total. The van der Waals surface area contributed by atoms with Gasteiger partial charge in [0.25, 0.3) is 0 Å². The van der Waals surface area contributed by atoms with Crippen molar-refractivity contribution < 1.29 is 14.6 Å². The number of benzene rings is 1. The number of hydrogen-bond acceptors (Lipinski definition) is 3. The van der Waals surface area contributed by atoms with Crippen molar-refractivity contribution in [2.45, 2.75) is 18.9 Å². The van der Waals surface area contributed by atoms with Gasteiger partial charge in [-0.2, -0.15) is 0 Å². The molecule has 1 unspecified atom stereocenters. The molecule has 0 saturated carbocycles. The summed E-state index contributed by atoms with van der Waals surface area (Å²) < 4.78 is 4.45. The van der Waals surface area contributed by atoms with Gasteiger partial charge in [0.2, 0.25) is 0 Å². The molecule has 3 heteroatoms. The number of carbonyl (C=O) groups is 1. The molecule has 0 amide bonds. The number of carbonyl (C=O) groups excluding carboxylic acids is 1. The van der Waals surface area contributed by atoms with Gasteiger partial charge in [-0.25, -0.2) is 4.79 Å². The molecule has 0 aromatic heterocycles. The Morgan fingerprint density at radius 2 is 2.12 bits per heavy atom. The standard InChI is InChI=1S/C13H16O3/c1-16-13(15)10-6-5-9-12(14)11-7-3-2-4-8-11/h2-4,6-8,10,12,14H,5,9H2,1H3/b10-6+. The summed E-state index contributed by atoms with van der Waals surface area (Å²) in [6.07, 6.45) is 3.83. The van der Waals surface area contributed by atoms with Crippen LogP contribution in [-0.4, -0.2) is 18.2 Å². The van der Waals surface area contributed by atoms with E-state index < -0.39 is 6.10 Å². The van der Waals surface area contributed by atoms with Crippen LogP contribution in [0.1, 0.15) is 24.5 Å². The molecule has 0 saturated heterocycles. The third kappa shape index (κ3) is 4.28. The maximum Gasteiger partial charge on any atom is 0.330 e. The van der Waals surface area contributed by atoms with E-state index in [1.54, 1.807) is 6.08 Å². The van der Waals surface area contributed by atoms with Crippen molar-refractivity contribution in [1.29, 1.82) is 0 Å². The summed E-state index contributed by atoms with van der Waals surface area (Å²) in [7, 11) is 1.34. The van der Waals surface area contributed by atoms with Crippen molar-refractivity contribution in [3.8, 4) is 0 Å². The monoisotopic (exact) mass is 220 g/mol. The normalized spacial score (nSPS) is 12.6. The Kier molecular flexibility index (Phi) is 5.29. The lowest BCUT2D eigenvalue weighted by Crippen LogP contribution is -1.97. The molecule has 0 radical (unpaired) electrons. The van der Waals surface area contributed by atoms with E-state index in [-0.39, 0.29) is 5.97 Å². The topological polar surface area (TPSA) is 46.5 Å². The first kappa shape index (κ1) is 12.5. The van der Waals surface area contributed by atoms with Gasteiger partial charge in [-0.1, -0.05) is 36.4 Å². The highest BCUT2D eigenvalue weighted by atomic mass is 16.5. The van der Waals surface area contributed by atoms with Crippen LogP contribution < -0.4 is 0 Å². The molecular weight excluding hydrogens is 204 g/mol. The lowest BCUT2D eigenvalue weighted by atomic mass is 10.1. The predicted molar refractivity (Wildman–Crippen MR) is 61.8 cm³/mol. The van der Waals surface area contributed by atoms with Crippen LogP contribution in [0.5, 0.6) is 0 Å². The van der Waals surface area contributed by atoms with E-state index in [1.807, 2.05) is 30.3 Å². The van der Waals surface area contributed by atoms with Gasteiger partial charge in [0, 0.05) is 6.08 Å². The third-order valence-electron chi connectivity index (χ3n) is 2.25. The molecule has 0 fully saturated rings. The lowest BCUT2D eigenvalue weighted by molar-refractivity contribution is -0.134. The van der Waals surface area contributed by atoms with Crippen LogP contribution in [0.3, 0.4) is 0 Å². The molecule has 0 heterocycles. The average molecular weight is 220 g/mol. The van der Waals surface area contributed by atoms with E-state index >= 15 is 0 Å². The molecule has 86 valence electrons. The van der Waals surface area contributed by atoms with Gasteiger partial charge in [-0.3, -0.25) is 0 Å². The van der Waals surface area contributed by atoms with E-state index in [2.05, 4.69) is 4.74 Å². The first-order valence-corrected chi connectivity index (χ1v) is 5.21. The second-order valence-electron chi connectivity index (χ2n) is 3.43. The maximum absolute atomic E-state index is 10.8. The summed E-state index contributed by atoms with van der Waals surface area (Å²) in [5, 5.41) is 9.79. The first-order chi connectivity index (χ1) is 7.74. The molecule has 0 spiro atoms. The Balaban J connectivity index is 2.34. The predicted octanol–water partition coefficient (Wildman–Crippen LogP) is 2.23. The van der Waals surface area contributed by atoms with E-state index in [0.29, 0.717) is 12.8 Å². The van der Waals surface area contributed by atoms with Crippen LogP contribution in [0.4, 0.5) is 0 Å². The molecule has 0 aliphatic heterocycles. The number of ether oxygens (including phenoxy) is 1. The Hall–Kier alpha value is -1.61. The maximum atomic E-state index is 10.8. The van der Waals surface area contributed by atoms with Gasteiger partial charge < -0.3 is 9.84 Å². The van der Waals surface area contributed by atoms with Crippen molar-refractivity contribution in [3.05, 3.63) is 48.0 Å². The quantitative estimate of drug-likeness (QED) is 0.611. The SMILES string of the molecule is COC(=O)/C=C/CCC(O)c1ccccc1. The number of aliphatic hydroxyl groups is 1. The highest BCUT2D eigenvalue weighted by molar-refractivity contribution is 5.81. The van der Waals surface area contributed by atoms with Crippen LogP contribution in [0.2, 0.25) is 0 Å². The Morgan fingerprint density at radius 1 is 1.44 bits per heavy atom. The summed E-state index contributed by atoms with van der Waals surface area (Å²) in [6, 6.07) is 9.46. The second-order valence-corrected chi connectivity index (χ2v) is 3.43. The first-order valence-electron chi connectivity index (χ1n) is 5.21. The van der Waals surface area contributed by atoms with Crippen LogP contribution in [0, 0.1) is 0 Å². The van der Waals surface area contributed by atoms with Gasteiger partial charge >= 0.3 is 5.97 Å². The van der Waals surface area contributed by atoms with Crippen LogP contribution in [0.25, 0.3) is 0 Å². The van der Waals surface area contributed by atoms with Crippen molar-refractivity contribution in [1.82, 2.24) is 0 Å².